The van der Waals surface area contributed by atoms with E-state index in [2.05, 4.69) is 4.98 Å². The van der Waals surface area contributed by atoms with Gasteiger partial charge in [0.1, 0.15) is 11.6 Å². The van der Waals surface area contributed by atoms with E-state index in [4.69, 9.17) is 20.4 Å². The molecule has 1 aromatic heterocycles. The Balaban J connectivity index is 3.64. The van der Waals surface area contributed by atoms with Crippen LogP contribution in [0.4, 0.5) is 5.69 Å². The van der Waals surface area contributed by atoms with Gasteiger partial charge in [-0.15, -0.1) is 0 Å². The van der Waals surface area contributed by atoms with E-state index < -0.39 is 70.4 Å². The van der Waals surface area contributed by atoms with Crippen LogP contribution < -0.4 is 0 Å². The number of aromatic nitrogens is 1. The van der Waals surface area contributed by atoms with Gasteiger partial charge in [-0.05, 0) is 6.07 Å². The van der Waals surface area contributed by atoms with Gasteiger partial charge >= 0.3 is 23.9 Å². The van der Waals surface area contributed by atoms with Crippen LogP contribution >= 0.6 is 0 Å². The van der Waals surface area contributed by atoms with E-state index in [9.17, 15) is 29.3 Å². The molecule has 0 aliphatic heterocycles. The van der Waals surface area contributed by atoms with Gasteiger partial charge in [0.05, 0.1) is 23.7 Å². The van der Waals surface area contributed by atoms with Crippen LogP contribution in [0.25, 0.3) is 0 Å². The zero-order valence-corrected chi connectivity index (χ0v) is 12.4. The molecule has 2 unspecified atom stereocenters. The molecule has 0 aliphatic carbocycles. The summed E-state index contributed by atoms with van der Waals surface area (Å²) in [6, 6.07) is 0.892. The Hall–Kier alpha value is -3.57. The SMILES string of the molecule is O=C(O)CC(C(=O)O)c1ccnc(C(CC(=O)O)C(=O)O)c1[N+](=O)[O-]. The lowest BCUT2D eigenvalue weighted by Gasteiger charge is -2.15. The molecule has 1 rings (SSSR count). The Morgan fingerprint density at radius 1 is 1.00 bits per heavy atom. The highest BCUT2D eigenvalue weighted by Gasteiger charge is 2.37. The third-order valence-electron chi connectivity index (χ3n) is 3.23. The van der Waals surface area contributed by atoms with Crippen molar-refractivity contribution in [2.45, 2.75) is 24.7 Å². The van der Waals surface area contributed by atoms with Gasteiger partial charge in [0, 0.05) is 11.8 Å². The van der Waals surface area contributed by atoms with Gasteiger partial charge < -0.3 is 20.4 Å². The molecule has 134 valence electrons. The molecular weight excluding hydrogens is 344 g/mol. The molecule has 2 atom stereocenters. The minimum atomic E-state index is -1.91. The molecule has 12 heteroatoms. The van der Waals surface area contributed by atoms with Crippen molar-refractivity contribution in [1.82, 2.24) is 4.98 Å². The fourth-order valence-corrected chi connectivity index (χ4v) is 2.20. The summed E-state index contributed by atoms with van der Waals surface area (Å²) >= 11 is 0. The van der Waals surface area contributed by atoms with Crippen molar-refractivity contribution >= 4 is 29.6 Å². The van der Waals surface area contributed by atoms with E-state index in [1.807, 2.05) is 0 Å². The molecule has 0 radical (unpaired) electrons. The fraction of sp³-hybridized carbons (Fsp3) is 0.308. The first-order valence-electron chi connectivity index (χ1n) is 6.58. The fourth-order valence-electron chi connectivity index (χ4n) is 2.20. The third kappa shape index (κ3) is 4.70. The Kier molecular flexibility index (Phi) is 6.08. The van der Waals surface area contributed by atoms with Gasteiger partial charge in [-0.25, -0.2) is 0 Å². The highest BCUT2D eigenvalue weighted by atomic mass is 16.6. The second kappa shape index (κ2) is 7.81. The van der Waals surface area contributed by atoms with Crippen LogP contribution in [-0.4, -0.2) is 54.2 Å². The summed E-state index contributed by atoms with van der Waals surface area (Å²) in [5.74, 6) is -10.2. The molecule has 0 bridgehead atoms. The quantitative estimate of drug-likeness (QED) is 0.349. The number of pyridine rings is 1. The topological polar surface area (TPSA) is 205 Å². The standard InChI is InChI=1S/C13H12N2O10/c16-8(17)3-6(12(20)21)5-1-2-14-10(11(5)15(24)25)7(13(22)23)4-9(18)19/h1-2,6-7H,3-4H2,(H,16,17)(H,18,19)(H,20,21)(H,22,23). The zero-order valence-electron chi connectivity index (χ0n) is 12.4. The van der Waals surface area contributed by atoms with Gasteiger partial charge in [-0.2, -0.15) is 0 Å². The molecule has 0 fully saturated rings. The molecule has 0 aromatic carbocycles. The molecule has 25 heavy (non-hydrogen) atoms. The van der Waals surface area contributed by atoms with E-state index in [-0.39, 0.29) is 0 Å². The lowest BCUT2D eigenvalue weighted by atomic mass is 9.90. The van der Waals surface area contributed by atoms with Crippen LogP contribution in [0, 0.1) is 10.1 Å². The number of nitrogens with zero attached hydrogens (tertiary/aromatic N) is 2. The Labute approximate surface area is 138 Å². The maximum absolute atomic E-state index is 11.4. The van der Waals surface area contributed by atoms with Crippen molar-refractivity contribution in [3.8, 4) is 0 Å². The van der Waals surface area contributed by atoms with Crippen molar-refractivity contribution in [1.29, 1.82) is 0 Å². The van der Waals surface area contributed by atoms with E-state index in [0.29, 0.717) is 0 Å². The molecule has 12 nitrogen and oxygen atoms in total. The second-order valence-corrected chi connectivity index (χ2v) is 4.87. The zero-order chi connectivity index (χ0) is 19.3. The summed E-state index contributed by atoms with van der Waals surface area (Å²) in [7, 11) is 0. The molecular formula is C13H12N2O10. The van der Waals surface area contributed by atoms with Gasteiger partial charge in [-0.3, -0.25) is 34.3 Å². The first kappa shape index (κ1) is 19.5. The van der Waals surface area contributed by atoms with Gasteiger partial charge in [0.15, 0.2) is 0 Å². The second-order valence-electron chi connectivity index (χ2n) is 4.87. The van der Waals surface area contributed by atoms with Crippen molar-refractivity contribution in [2.24, 2.45) is 0 Å². The summed E-state index contributed by atoms with van der Waals surface area (Å²) in [6.07, 6.45) is -1.15. The number of rotatable bonds is 9. The third-order valence-corrected chi connectivity index (χ3v) is 3.23. The minimum Gasteiger partial charge on any atom is -0.481 e. The summed E-state index contributed by atoms with van der Waals surface area (Å²) in [4.78, 5) is 58.0. The summed E-state index contributed by atoms with van der Waals surface area (Å²) in [6.45, 7) is 0. The number of hydrogen-bond acceptors (Lipinski definition) is 7. The van der Waals surface area contributed by atoms with Crippen LogP contribution in [0.5, 0.6) is 0 Å². The van der Waals surface area contributed by atoms with Crippen LogP contribution in [-0.2, 0) is 19.2 Å². The van der Waals surface area contributed by atoms with Crippen molar-refractivity contribution in [3.63, 3.8) is 0 Å². The van der Waals surface area contributed by atoms with E-state index >= 15 is 0 Å². The average Bonchev–Trinajstić information content (AvgIpc) is 2.48. The smallest absolute Gasteiger partial charge is 0.313 e. The largest absolute Gasteiger partial charge is 0.481 e. The van der Waals surface area contributed by atoms with Crippen LogP contribution in [0.2, 0.25) is 0 Å². The molecule has 1 aromatic rings. The van der Waals surface area contributed by atoms with Crippen molar-refractivity contribution in [2.75, 3.05) is 0 Å². The lowest BCUT2D eigenvalue weighted by Crippen LogP contribution is -2.22. The molecule has 0 saturated carbocycles. The number of nitro groups is 1. The number of carboxylic acid groups (broad SMARTS) is 4. The number of carbonyl (C=O) groups is 4. The van der Waals surface area contributed by atoms with E-state index in [1.165, 1.54) is 0 Å². The van der Waals surface area contributed by atoms with E-state index in [1.54, 1.807) is 0 Å². The minimum absolute atomic E-state index is 0.568. The molecule has 4 N–H and O–H groups in total. The molecule has 1 heterocycles. The maximum Gasteiger partial charge on any atom is 0.313 e. The average molecular weight is 356 g/mol. The molecule has 0 aliphatic rings. The number of carboxylic acids is 4. The first-order chi connectivity index (χ1) is 11.6. The van der Waals surface area contributed by atoms with Crippen molar-refractivity contribution < 1.29 is 44.5 Å². The van der Waals surface area contributed by atoms with Gasteiger partial charge in [-0.1, -0.05) is 0 Å². The van der Waals surface area contributed by atoms with Crippen LogP contribution in [0.3, 0.4) is 0 Å². The van der Waals surface area contributed by atoms with Gasteiger partial charge in [0.2, 0.25) is 0 Å². The van der Waals surface area contributed by atoms with E-state index in [0.717, 1.165) is 12.3 Å². The molecule has 0 spiro atoms. The normalized spacial score (nSPS) is 12.8. The van der Waals surface area contributed by atoms with Gasteiger partial charge in [0.25, 0.3) is 5.69 Å². The predicted octanol–water partition coefficient (Wildman–Crippen LogP) is 0.276. The van der Waals surface area contributed by atoms with Crippen LogP contribution in [0.1, 0.15) is 35.9 Å². The van der Waals surface area contributed by atoms with Crippen molar-refractivity contribution in [3.05, 3.63) is 33.6 Å². The Bertz CT molecular complexity index is 692. The Morgan fingerprint density at radius 3 is 1.88 bits per heavy atom. The maximum atomic E-state index is 11.4. The summed E-state index contributed by atoms with van der Waals surface area (Å²) in [5.41, 5.74) is -2.35. The predicted molar refractivity (Wildman–Crippen MR) is 76.2 cm³/mol. The highest BCUT2D eigenvalue weighted by molar-refractivity contribution is 5.86. The number of aliphatic carboxylic acids is 4. The number of hydrogen-bond donors (Lipinski definition) is 4. The summed E-state index contributed by atoms with van der Waals surface area (Å²) in [5, 5.41) is 47.2. The first-order valence-corrected chi connectivity index (χ1v) is 6.58. The molecule has 0 amide bonds. The summed E-state index contributed by atoms with van der Waals surface area (Å²) < 4.78 is 0. The lowest BCUT2D eigenvalue weighted by molar-refractivity contribution is -0.386. The Morgan fingerprint density at radius 2 is 1.48 bits per heavy atom. The monoisotopic (exact) mass is 356 g/mol. The highest BCUT2D eigenvalue weighted by Crippen LogP contribution is 2.35. The van der Waals surface area contributed by atoms with Crippen LogP contribution in [0.15, 0.2) is 12.3 Å². The molecule has 0 saturated heterocycles.